The molecule has 1 rings (SSSR count). The van der Waals surface area contributed by atoms with Crippen molar-refractivity contribution in [1.82, 2.24) is 0 Å². The van der Waals surface area contributed by atoms with Crippen LogP contribution >= 0.6 is 11.6 Å². The number of hydrogen-bond donors (Lipinski definition) is 0. The van der Waals surface area contributed by atoms with Crippen LogP contribution in [0.1, 0.15) is 37.6 Å². The van der Waals surface area contributed by atoms with E-state index in [4.69, 9.17) is 21.1 Å². The molecule has 0 atom stereocenters. The molecule has 6 nitrogen and oxygen atoms in total. The Labute approximate surface area is 164 Å². The van der Waals surface area contributed by atoms with Crippen molar-refractivity contribution >= 4 is 23.1 Å². The van der Waals surface area contributed by atoms with E-state index in [0.29, 0.717) is 36.8 Å². The molecule has 0 amide bonds. The lowest BCUT2D eigenvalue weighted by atomic mass is 9.99. The van der Waals surface area contributed by atoms with E-state index in [-0.39, 0.29) is 17.0 Å². The number of halogens is 1. The number of nitro groups is 1. The molecular formula is C20H24ClNO5. The quantitative estimate of drug-likeness (QED) is 0.128. The maximum Gasteiger partial charge on any atom is 0.284 e. The third-order valence-electron chi connectivity index (χ3n) is 3.59. The van der Waals surface area contributed by atoms with Gasteiger partial charge in [-0.15, -0.1) is 11.6 Å². The maximum atomic E-state index is 12.9. The van der Waals surface area contributed by atoms with Gasteiger partial charge in [-0.05, 0) is 27.2 Å². The number of Topliss-reactive ketones (excluding diaryl/α,β-unsaturated/α-hetero) is 1. The number of carbonyl (C=O) groups is 1. The molecule has 0 saturated carbocycles. The number of nitrogens with zero attached hydrogens (tertiary/aromatic N) is 1. The van der Waals surface area contributed by atoms with Gasteiger partial charge in [-0.2, -0.15) is 0 Å². The molecule has 0 aliphatic carbocycles. The van der Waals surface area contributed by atoms with Gasteiger partial charge in [-0.1, -0.05) is 30.4 Å². The fourth-order valence-corrected chi connectivity index (χ4v) is 2.53. The zero-order chi connectivity index (χ0) is 20.4. The molecule has 1 aromatic rings. The molecule has 0 aliphatic heterocycles. The fraction of sp³-hybridized carbons (Fsp3) is 0.350. The molecular weight excluding hydrogens is 370 g/mol. The molecule has 0 fully saturated rings. The second-order valence-corrected chi connectivity index (χ2v) is 5.82. The summed E-state index contributed by atoms with van der Waals surface area (Å²) in [6.45, 7) is 9.72. The van der Waals surface area contributed by atoms with Crippen molar-refractivity contribution in [3.8, 4) is 11.5 Å². The Morgan fingerprint density at radius 3 is 2.30 bits per heavy atom. The molecule has 0 aromatic heterocycles. The van der Waals surface area contributed by atoms with Crippen LogP contribution in [-0.2, 0) is 0 Å². The first kappa shape index (κ1) is 22.4. The fourth-order valence-electron chi connectivity index (χ4n) is 2.29. The van der Waals surface area contributed by atoms with Crippen LogP contribution in [0.15, 0.2) is 48.1 Å². The molecule has 1 aromatic carbocycles. The van der Waals surface area contributed by atoms with Gasteiger partial charge in [0.25, 0.3) is 5.69 Å². The lowest BCUT2D eigenvalue weighted by Gasteiger charge is -2.13. The molecule has 0 N–H and O–H groups in total. The number of benzene rings is 1. The first-order valence-corrected chi connectivity index (χ1v) is 9.13. The van der Waals surface area contributed by atoms with Crippen LogP contribution in [0.4, 0.5) is 5.69 Å². The molecule has 0 bridgehead atoms. The topological polar surface area (TPSA) is 78.7 Å². The van der Waals surface area contributed by atoms with E-state index in [2.05, 4.69) is 6.58 Å². The number of ether oxygens (including phenoxy) is 2. The maximum absolute atomic E-state index is 12.9. The van der Waals surface area contributed by atoms with Crippen LogP contribution in [0.2, 0.25) is 0 Å². The number of alkyl halides is 1. The Hall–Kier alpha value is -2.60. The van der Waals surface area contributed by atoms with E-state index in [1.54, 1.807) is 39.0 Å². The molecule has 0 heterocycles. The molecule has 7 heteroatoms. The summed E-state index contributed by atoms with van der Waals surface area (Å²) in [5.41, 5.74) is 0.667. The minimum Gasteiger partial charge on any atom is -0.490 e. The Morgan fingerprint density at radius 2 is 1.81 bits per heavy atom. The summed E-state index contributed by atoms with van der Waals surface area (Å²) in [4.78, 5) is 23.8. The summed E-state index contributed by atoms with van der Waals surface area (Å²) in [7, 11) is 0. The molecule has 27 heavy (non-hydrogen) atoms. The van der Waals surface area contributed by atoms with Crippen molar-refractivity contribution in [1.29, 1.82) is 0 Å². The summed E-state index contributed by atoms with van der Waals surface area (Å²) in [5.74, 6) is 0.461. The number of allylic oxidation sites excluding steroid dienone is 5. The second kappa shape index (κ2) is 11.2. The van der Waals surface area contributed by atoms with Crippen LogP contribution < -0.4 is 9.47 Å². The minimum absolute atomic E-state index is 0.0624. The van der Waals surface area contributed by atoms with Crippen molar-refractivity contribution in [2.24, 2.45) is 0 Å². The van der Waals surface area contributed by atoms with Gasteiger partial charge in [-0.25, -0.2) is 0 Å². The van der Waals surface area contributed by atoms with Gasteiger partial charge in [-0.3, -0.25) is 14.9 Å². The van der Waals surface area contributed by atoms with Crippen molar-refractivity contribution in [2.45, 2.75) is 27.2 Å². The SMILES string of the molecule is C=C(/C=C\C(=C/C)C(=O)c1cc(OCC)c(OCC)cc1[N+](=O)[O-])CCCl. The normalized spacial score (nSPS) is 11.5. The lowest BCUT2D eigenvalue weighted by molar-refractivity contribution is -0.385. The number of carbonyl (C=O) groups excluding carboxylic acids is 1. The highest BCUT2D eigenvalue weighted by atomic mass is 35.5. The Bertz CT molecular complexity index is 768. The lowest BCUT2D eigenvalue weighted by Crippen LogP contribution is -2.08. The minimum atomic E-state index is -0.602. The van der Waals surface area contributed by atoms with Gasteiger partial charge in [0.15, 0.2) is 17.3 Å². The number of ketones is 1. The number of hydrogen-bond acceptors (Lipinski definition) is 5. The van der Waals surface area contributed by atoms with E-state index in [1.807, 2.05) is 0 Å². The van der Waals surface area contributed by atoms with Crippen LogP contribution in [0, 0.1) is 10.1 Å². The highest BCUT2D eigenvalue weighted by Crippen LogP contribution is 2.36. The summed E-state index contributed by atoms with van der Waals surface area (Å²) in [6.07, 6.45) is 5.44. The Morgan fingerprint density at radius 1 is 1.22 bits per heavy atom. The van der Waals surface area contributed by atoms with Crippen LogP contribution in [0.25, 0.3) is 0 Å². The summed E-state index contributed by atoms with van der Waals surface area (Å²) < 4.78 is 10.9. The molecule has 146 valence electrons. The van der Waals surface area contributed by atoms with Crippen molar-refractivity contribution in [3.05, 3.63) is 63.8 Å². The largest absolute Gasteiger partial charge is 0.490 e. The Kier molecular flexibility index (Phi) is 9.30. The molecule has 0 saturated heterocycles. The van der Waals surface area contributed by atoms with Crippen LogP contribution in [0.5, 0.6) is 11.5 Å². The molecule has 0 radical (unpaired) electrons. The Balaban J connectivity index is 3.39. The van der Waals surface area contributed by atoms with E-state index in [0.717, 1.165) is 5.57 Å². The molecule has 0 aliphatic rings. The smallest absolute Gasteiger partial charge is 0.284 e. The standard InChI is InChI=1S/C20H24ClNO5/c1-5-15(9-8-14(4)10-11-21)20(23)16-12-18(26-6-2)19(27-7-3)13-17(16)22(24)25/h5,8-9,12-13H,4,6-7,10-11H2,1-3H3/b9-8-,15-5+. The zero-order valence-corrected chi connectivity index (χ0v) is 16.5. The average molecular weight is 394 g/mol. The van der Waals surface area contributed by atoms with Gasteiger partial charge < -0.3 is 9.47 Å². The average Bonchev–Trinajstić information content (AvgIpc) is 2.63. The van der Waals surface area contributed by atoms with Gasteiger partial charge in [0.05, 0.1) is 24.2 Å². The first-order valence-electron chi connectivity index (χ1n) is 8.60. The first-order chi connectivity index (χ1) is 12.9. The number of nitro benzene ring substituents is 1. The highest BCUT2D eigenvalue weighted by molar-refractivity contribution is 6.18. The van der Waals surface area contributed by atoms with E-state index < -0.39 is 10.7 Å². The second-order valence-electron chi connectivity index (χ2n) is 5.44. The van der Waals surface area contributed by atoms with Crippen molar-refractivity contribution < 1.29 is 19.2 Å². The number of rotatable bonds is 11. The molecule has 0 unspecified atom stereocenters. The summed E-state index contributed by atoms with van der Waals surface area (Å²) in [6, 6.07) is 2.59. The van der Waals surface area contributed by atoms with Crippen molar-refractivity contribution in [3.63, 3.8) is 0 Å². The van der Waals surface area contributed by atoms with Crippen molar-refractivity contribution in [2.75, 3.05) is 19.1 Å². The van der Waals surface area contributed by atoms with Crippen LogP contribution in [0.3, 0.4) is 0 Å². The van der Waals surface area contributed by atoms with Gasteiger partial charge in [0.1, 0.15) is 5.56 Å². The van der Waals surface area contributed by atoms with E-state index >= 15 is 0 Å². The summed E-state index contributed by atoms with van der Waals surface area (Å²) in [5, 5.41) is 11.5. The predicted molar refractivity (Wildman–Crippen MR) is 107 cm³/mol. The van der Waals surface area contributed by atoms with E-state index in [1.165, 1.54) is 12.1 Å². The third-order valence-corrected chi connectivity index (χ3v) is 3.78. The zero-order valence-electron chi connectivity index (χ0n) is 15.8. The van der Waals surface area contributed by atoms with Gasteiger partial charge >= 0.3 is 0 Å². The predicted octanol–water partition coefficient (Wildman–Crippen LogP) is 5.26. The van der Waals surface area contributed by atoms with Crippen LogP contribution in [-0.4, -0.2) is 29.8 Å². The monoisotopic (exact) mass is 393 g/mol. The van der Waals surface area contributed by atoms with Gasteiger partial charge in [0, 0.05) is 17.5 Å². The van der Waals surface area contributed by atoms with Gasteiger partial charge in [0.2, 0.25) is 0 Å². The highest BCUT2D eigenvalue weighted by Gasteiger charge is 2.26. The summed E-state index contributed by atoms with van der Waals surface area (Å²) >= 11 is 5.67. The molecule has 0 spiro atoms. The van der Waals surface area contributed by atoms with E-state index in [9.17, 15) is 14.9 Å². The third kappa shape index (κ3) is 6.25.